The van der Waals surface area contributed by atoms with Crippen molar-refractivity contribution in [3.05, 3.63) is 35.9 Å². The first kappa shape index (κ1) is 24.4. The molecule has 0 saturated carbocycles. The van der Waals surface area contributed by atoms with Crippen LogP contribution in [-0.2, 0) is 25.6 Å². The maximum atomic E-state index is 12.8. The molecule has 0 aliphatic heterocycles. The lowest BCUT2D eigenvalue weighted by Crippen LogP contribution is -2.58. The molecule has 0 fully saturated rings. The largest absolute Gasteiger partial charge is 0.480 e. The zero-order valence-electron chi connectivity index (χ0n) is 16.4. The first-order chi connectivity index (χ1) is 13.7. The monoisotopic (exact) mass is 424 g/mol. The molecule has 0 bridgehead atoms. The van der Waals surface area contributed by atoms with Gasteiger partial charge in [0.05, 0.1) is 6.54 Å². The van der Waals surface area contributed by atoms with E-state index in [-0.39, 0.29) is 24.6 Å². The van der Waals surface area contributed by atoms with Gasteiger partial charge in [0.15, 0.2) is 0 Å². The van der Waals surface area contributed by atoms with Gasteiger partial charge >= 0.3 is 5.97 Å². The van der Waals surface area contributed by atoms with Gasteiger partial charge in [0.2, 0.25) is 17.7 Å². The highest BCUT2D eigenvalue weighted by molar-refractivity contribution is 7.80. The molecule has 0 radical (unpaired) electrons. The van der Waals surface area contributed by atoms with Crippen LogP contribution in [0.3, 0.4) is 0 Å². The molecule has 0 aliphatic rings. The average molecular weight is 425 g/mol. The third-order valence-corrected chi connectivity index (χ3v) is 4.53. The molecule has 160 valence electrons. The maximum absolute atomic E-state index is 12.8. The number of hydrogen-bond donors (Lipinski definition) is 6. The number of aliphatic carboxylic acids is 1. The molecule has 1 rings (SSSR count). The first-order valence-corrected chi connectivity index (χ1v) is 9.80. The van der Waals surface area contributed by atoms with E-state index < -0.39 is 41.8 Å². The number of thiol groups is 1. The Balaban J connectivity index is 3.02. The lowest BCUT2D eigenvalue weighted by molar-refractivity contribution is -0.141. The third kappa shape index (κ3) is 8.12. The molecule has 10 heteroatoms. The topological polar surface area (TPSA) is 151 Å². The van der Waals surface area contributed by atoms with Gasteiger partial charge in [-0.15, -0.1) is 0 Å². The van der Waals surface area contributed by atoms with Gasteiger partial charge in [-0.2, -0.15) is 12.6 Å². The minimum Gasteiger partial charge on any atom is -0.480 e. The fourth-order valence-corrected chi connectivity index (χ4v) is 2.79. The molecule has 0 spiro atoms. The van der Waals surface area contributed by atoms with Crippen molar-refractivity contribution in [3.8, 4) is 0 Å². The van der Waals surface area contributed by atoms with Crippen LogP contribution in [0.5, 0.6) is 0 Å². The number of hydrogen-bond acceptors (Lipinski definition) is 6. The lowest BCUT2D eigenvalue weighted by Gasteiger charge is -2.26. The van der Waals surface area contributed by atoms with Gasteiger partial charge in [0.25, 0.3) is 0 Å². The fourth-order valence-electron chi connectivity index (χ4n) is 2.55. The Bertz CT molecular complexity index is 714. The van der Waals surface area contributed by atoms with Crippen LogP contribution in [0.25, 0.3) is 0 Å². The van der Waals surface area contributed by atoms with Crippen molar-refractivity contribution in [2.24, 2.45) is 11.7 Å². The number of rotatable bonds is 11. The predicted molar refractivity (Wildman–Crippen MR) is 111 cm³/mol. The summed E-state index contributed by atoms with van der Waals surface area (Å²) in [4.78, 5) is 48.3. The van der Waals surface area contributed by atoms with Crippen molar-refractivity contribution in [1.82, 2.24) is 16.0 Å². The van der Waals surface area contributed by atoms with Crippen LogP contribution in [0, 0.1) is 5.92 Å². The summed E-state index contributed by atoms with van der Waals surface area (Å²) in [5.41, 5.74) is 6.08. The molecule has 0 heterocycles. The van der Waals surface area contributed by atoms with Gasteiger partial charge in [0, 0.05) is 12.2 Å². The summed E-state index contributed by atoms with van der Waals surface area (Å²) in [6.45, 7) is 3.22. The summed E-state index contributed by atoms with van der Waals surface area (Å²) >= 11 is 3.93. The molecule has 9 nitrogen and oxygen atoms in total. The average Bonchev–Trinajstić information content (AvgIpc) is 2.69. The first-order valence-electron chi connectivity index (χ1n) is 9.17. The summed E-state index contributed by atoms with van der Waals surface area (Å²) < 4.78 is 0. The molecule has 3 atom stereocenters. The van der Waals surface area contributed by atoms with Gasteiger partial charge in [-0.05, 0) is 11.5 Å². The van der Waals surface area contributed by atoms with E-state index in [1.165, 1.54) is 0 Å². The van der Waals surface area contributed by atoms with Crippen LogP contribution in [0.4, 0.5) is 0 Å². The Labute approximate surface area is 175 Å². The number of benzene rings is 1. The van der Waals surface area contributed by atoms with Crippen LogP contribution < -0.4 is 21.7 Å². The van der Waals surface area contributed by atoms with E-state index in [2.05, 4.69) is 28.6 Å². The quantitative estimate of drug-likeness (QED) is 0.259. The summed E-state index contributed by atoms with van der Waals surface area (Å²) in [5, 5.41) is 16.7. The van der Waals surface area contributed by atoms with Crippen LogP contribution in [0.1, 0.15) is 19.4 Å². The SMILES string of the molecule is CC(C)C(NC(=O)CN)C(=O)NC(Cc1ccccc1)C(=O)NC(CS)C(=O)O. The molecule has 0 aliphatic carbocycles. The van der Waals surface area contributed by atoms with E-state index in [1.807, 2.05) is 6.07 Å². The summed E-state index contributed by atoms with van der Waals surface area (Å²) in [5.74, 6) is -3.30. The number of nitrogens with two attached hydrogens (primary N) is 1. The number of nitrogens with one attached hydrogen (secondary N) is 3. The second-order valence-electron chi connectivity index (χ2n) is 6.83. The molecule has 29 heavy (non-hydrogen) atoms. The van der Waals surface area contributed by atoms with Gasteiger partial charge in [0.1, 0.15) is 18.1 Å². The normalized spacial score (nSPS) is 13.8. The number of carboxylic acids is 1. The van der Waals surface area contributed by atoms with E-state index in [9.17, 15) is 19.2 Å². The minimum atomic E-state index is -1.23. The molecule has 3 amide bonds. The fraction of sp³-hybridized carbons (Fsp3) is 0.474. The zero-order chi connectivity index (χ0) is 22.0. The summed E-state index contributed by atoms with van der Waals surface area (Å²) in [6, 6.07) is 5.84. The number of carbonyl (C=O) groups is 4. The lowest BCUT2D eigenvalue weighted by atomic mass is 10.0. The van der Waals surface area contributed by atoms with Crippen LogP contribution in [0.15, 0.2) is 30.3 Å². The van der Waals surface area contributed by atoms with E-state index in [1.54, 1.807) is 38.1 Å². The van der Waals surface area contributed by atoms with Gasteiger partial charge in [-0.1, -0.05) is 44.2 Å². The number of carboxylic acid groups (broad SMARTS) is 1. The molecule has 0 aromatic heterocycles. The zero-order valence-corrected chi connectivity index (χ0v) is 17.3. The van der Waals surface area contributed by atoms with E-state index >= 15 is 0 Å². The Morgan fingerprint density at radius 3 is 2.07 bits per heavy atom. The van der Waals surface area contributed by atoms with E-state index in [4.69, 9.17) is 10.8 Å². The van der Waals surface area contributed by atoms with Crippen molar-refractivity contribution in [2.75, 3.05) is 12.3 Å². The van der Waals surface area contributed by atoms with Gasteiger partial charge in [-0.3, -0.25) is 14.4 Å². The van der Waals surface area contributed by atoms with Crippen molar-refractivity contribution >= 4 is 36.3 Å². The second-order valence-corrected chi connectivity index (χ2v) is 7.19. The summed E-state index contributed by atoms with van der Waals surface area (Å²) in [7, 11) is 0. The molecule has 0 saturated heterocycles. The van der Waals surface area contributed by atoms with E-state index in [0.29, 0.717) is 0 Å². The third-order valence-electron chi connectivity index (χ3n) is 4.16. The molecule has 3 unspecified atom stereocenters. The highest BCUT2D eigenvalue weighted by Gasteiger charge is 2.30. The Hall–Kier alpha value is -2.59. The second kappa shape index (κ2) is 12.1. The van der Waals surface area contributed by atoms with Crippen molar-refractivity contribution in [1.29, 1.82) is 0 Å². The Kier molecular flexibility index (Phi) is 10.2. The molecule has 1 aromatic rings. The molecule has 1 aromatic carbocycles. The minimum absolute atomic E-state index is 0.103. The van der Waals surface area contributed by atoms with Crippen LogP contribution >= 0.6 is 12.6 Å². The summed E-state index contributed by atoms with van der Waals surface area (Å²) in [6.07, 6.45) is 0.146. The number of amides is 3. The Morgan fingerprint density at radius 1 is 1.00 bits per heavy atom. The van der Waals surface area contributed by atoms with Gasteiger partial charge in [-0.25, -0.2) is 4.79 Å². The number of carbonyl (C=O) groups excluding carboxylic acids is 3. The van der Waals surface area contributed by atoms with Gasteiger partial charge < -0.3 is 26.8 Å². The van der Waals surface area contributed by atoms with Crippen molar-refractivity contribution in [3.63, 3.8) is 0 Å². The predicted octanol–water partition coefficient (Wildman–Crippen LogP) is -0.687. The molecular formula is C19H28N4O5S. The van der Waals surface area contributed by atoms with Crippen molar-refractivity contribution < 1.29 is 24.3 Å². The highest BCUT2D eigenvalue weighted by Crippen LogP contribution is 2.07. The molecule has 6 N–H and O–H groups in total. The Morgan fingerprint density at radius 2 is 1.59 bits per heavy atom. The molecular weight excluding hydrogens is 396 g/mol. The standard InChI is InChI=1S/C19H28N4O5S/c1-11(2)16(23-15(24)9-20)18(26)21-13(8-12-6-4-3-5-7-12)17(25)22-14(10-29)19(27)28/h3-7,11,13-14,16,29H,8-10,20H2,1-2H3,(H,21,26)(H,22,25)(H,23,24)(H,27,28). The van der Waals surface area contributed by atoms with E-state index in [0.717, 1.165) is 5.56 Å². The maximum Gasteiger partial charge on any atom is 0.327 e. The van der Waals surface area contributed by atoms with Crippen LogP contribution in [0.2, 0.25) is 0 Å². The highest BCUT2D eigenvalue weighted by atomic mass is 32.1. The smallest absolute Gasteiger partial charge is 0.327 e. The van der Waals surface area contributed by atoms with Crippen LogP contribution in [-0.4, -0.2) is 59.2 Å². The van der Waals surface area contributed by atoms with Crippen molar-refractivity contribution in [2.45, 2.75) is 38.4 Å².